The molecule has 0 radical (unpaired) electrons. The Hall–Kier alpha value is -0.610. The van der Waals surface area contributed by atoms with Crippen LogP contribution in [0.1, 0.15) is 31.4 Å². The topological polar surface area (TPSA) is 33.1 Å². The van der Waals surface area contributed by atoms with Crippen LogP contribution in [0.2, 0.25) is 0 Å². The number of aliphatic hydroxyl groups is 1. The number of fused-ring (bicyclic) bond motifs is 2. The van der Waals surface area contributed by atoms with Gasteiger partial charge in [-0.3, -0.25) is 0 Å². The second-order valence-corrected chi connectivity index (χ2v) is 6.35. The molecule has 3 heterocycles. The first-order valence-electron chi connectivity index (χ1n) is 5.67. The van der Waals surface area contributed by atoms with Crippen LogP contribution in [0.4, 0.5) is 4.39 Å². The fraction of sp³-hybridized carbons (Fsp3) is 0.583. The summed E-state index contributed by atoms with van der Waals surface area (Å²) in [6.07, 6.45) is 3.77. The van der Waals surface area contributed by atoms with E-state index >= 15 is 0 Å². The fourth-order valence-corrected chi connectivity index (χ4v) is 4.63. The normalized spacial score (nSPS) is 37.6. The van der Waals surface area contributed by atoms with Gasteiger partial charge in [-0.15, -0.1) is 0 Å². The van der Waals surface area contributed by atoms with E-state index in [0.29, 0.717) is 29.0 Å². The molecule has 1 aromatic rings. The Morgan fingerprint density at radius 2 is 2.00 bits per heavy atom. The van der Waals surface area contributed by atoms with Crippen molar-refractivity contribution in [2.75, 3.05) is 0 Å². The van der Waals surface area contributed by atoms with Crippen LogP contribution >= 0.6 is 11.8 Å². The molecule has 2 nitrogen and oxygen atoms in total. The lowest BCUT2D eigenvalue weighted by Gasteiger charge is -2.35. The second kappa shape index (κ2) is 3.70. The maximum atomic E-state index is 13.1. The first-order valence-corrected chi connectivity index (χ1v) is 6.61. The molecule has 2 unspecified atom stereocenters. The molecule has 2 atom stereocenters. The molecule has 2 aliphatic rings. The van der Waals surface area contributed by atoms with Crippen molar-refractivity contribution in [3.05, 3.63) is 29.8 Å². The van der Waals surface area contributed by atoms with Crippen molar-refractivity contribution in [2.45, 2.75) is 41.8 Å². The SMILES string of the molecule is OC1(c2cccc(F)n2)CC2CCC(C1)S2. The number of thioether (sulfide) groups is 1. The third-order valence-corrected chi connectivity index (χ3v) is 5.09. The third kappa shape index (κ3) is 1.74. The first-order chi connectivity index (χ1) is 7.66. The van der Waals surface area contributed by atoms with Gasteiger partial charge in [-0.05, 0) is 37.8 Å². The van der Waals surface area contributed by atoms with Crippen molar-refractivity contribution in [3.63, 3.8) is 0 Å². The van der Waals surface area contributed by atoms with E-state index in [1.54, 1.807) is 12.1 Å². The van der Waals surface area contributed by atoms with Crippen molar-refractivity contribution in [2.24, 2.45) is 0 Å². The summed E-state index contributed by atoms with van der Waals surface area (Å²) in [5, 5.41) is 11.6. The molecule has 1 aromatic heterocycles. The van der Waals surface area contributed by atoms with Gasteiger partial charge in [0.05, 0.1) is 5.69 Å². The lowest BCUT2D eigenvalue weighted by atomic mass is 9.89. The summed E-state index contributed by atoms with van der Waals surface area (Å²) < 4.78 is 13.1. The van der Waals surface area contributed by atoms with Crippen LogP contribution < -0.4 is 0 Å². The molecule has 2 aliphatic heterocycles. The van der Waals surface area contributed by atoms with Crippen LogP contribution in [0.15, 0.2) is 18.2 Å². The highest BCUT2D eigenvalue weighted by Gasteiger charge is 2.45. The molecule has 0 spiro atoms. The van der Waals surface area contributed by atoms with Gasteiger partial charge < -0.3 is 5.11 Å². The predicted molar refractivity (Wildman–Crippen MR) is 61.7 cm³/mol. The van der Waals surface area contributed by atoms with Gasteiger partial charge in [-0.2, -0.15) is 16.2 Å². The van der Waals surface area contributed by atoms with Crippen LogP contribution in [0.5, 0.6) is 0 Å². The highest BCUT2D eigenvalue weighted by Crippen LogP contribution is 2.50. The standard InChI is InChI=1S/C12H14FNOS/c13-11-3-1-2-10(14-11)12(15)6-8-4-5-9(7-12)16-8/h1-3,8-9,15H,4-7H2. The lowest BCUT2D eigenvalue weighted by Crippen LogP contribution is -2.35. The Balaban J connectivity index is 1.93. The number of hydrogen-bond donors (Lipinski definition) is 1. The lowest BCUT2D eigenvalue weighted by molar-refractivity contribution is 0.0146. The quantitative estimate of drug-likeness (QED) is 0.764. The van der Waals surface area contributed by atoms with Crippen LogP contribution in [0, 0.1) is 5.95 Å². The average Bonchev–Trinajstić information content (AvgIpc) is 2.59. The monoisotopic (exact) mass is 239 g/mol. The van der Waals surface area contributed by atoms with E-state index in [4.69, 9.17) is 0 Å². The van der Waals surface area contributed by atoms with E-state index in [1.165, 1.54) is 18.9 Å². The molecule has 0 aromatic carbocycles. The van der Waals surface area contributed by atoms with Crippen LogP contribution in [-0.2, 0) is 5.60 Å². The zero-order valence-corrected chi connectivity index (χ0v) is 9.71. The number of nitrogens with zero attached hydrogens (tertiary/aromatic N) is 1. The molecule has 1 N–H and O–H groups in total. The molecular weight excluding hydrogens is 225 g/mol. The van der Waals surface area contributed by atoms with Gasteiger partial charge in [0.2, 0.25) is 5.95 Å². The Morgan fingerprint density at radius 3 is 2.62 bits per heavy atom. The zero-order valence-electron chi connectivity index (χ0n) is 8.90. The van der Waals surface area contributed by atoms with E-state index in [0.717, 1.165) is 0 Å². The molecule has 4 heteroatoms. The second-order valence-electron chi connectivity index (χ2n) is 4.74. The van der Waals surface area contributed by atoms with Gasteiger partial charge in [0.15, 0.2) is 0 Å². The molecule has 0 saturated carbocycles. The van der Waals surface area contributed by atoms with Crippen molar-refractivity contribution in [1.82, 2.24) is 4.98 Å². The van der Waals surface area contributed by atoms with E-state index in [9.17, 15) is 9.50 Å². The summed E-state index contributed by atoms with van der Waals surface area (Å²) >= 11 is 1.97. The molecule has 2 fully saturated rings. The molecule has 0 aliphatic carbocycles. The van der Waals surface area contributed by atoms with E-state index < -0.39 is 11.5 Å². The average molecular weight is 239 g/mol. The molecule has 86 valence electrons. The van der Waals surface area contributed by atoms with Gasteiger partial charge in [-0.25, -0.2) is 4.98 Å². The molecule has 0 amide bonds. The summed E-state index contributed by atoms with van der Waals surface area (Å²) in [4.78, 5) is 3.84. The van der Waals surface area contributed by atoms with E-state index in [-0.39, 0.29) is 0 Å². The van der Waals surface area contributed by atoms with E-state index in [2.05, 4.69) is 4.98 Å². The molecule has 3 rings (SSSR count). The van der Waals surface area contributed by atoms with Gasteiger partial charge in [-0.1, -0.05) is 6.07 Å². The molecule has 16 heavy (non-hydrogen) atoms. The number of halogens is 1. The zero-order chi connectivity index (χ0) is 11.2. The Morgan fingerprint density at radius 1 is 1.31 bits per heavy atom. The van der Waals surface area contributed by atoms with Crippen molar-refractivity contribution in [3.8, 4) is 0 Å². The number of hydrogen-bond acceptors (Lipinski definition) is 3. The minimum absolute atomic E-state index is 0.503. The first kappa shape index (κ1) is 10.5. The summed E-state index contributed by atoms with van der Waals surface area (Å²) in [7, 11) is 0. The molecule has 2 saturated heterocycles. The van der Waals surface area contributed by atoms with Gasteiger partial charge in [0.25, 0.3) is 0 Å². The maximum Gasteiger partial charge on any atom is 0.213 e. The Bertz CT molecular complexity index is 400. The molecular formula is C12H14FNOS. The number of rotatable bonds is 1. The highest BCUT2D eigenvalue weighted by molar-refractivity contribution is 8.00. The highest BCUT2D eigenvalue weighted by atomic mass is 32.2. The van der Waals surface area contributed by atoms with Crippen LogP contribution in [0.3, 0.4) is 0 Å². The van der Waals surface area contributed by atoms with Crippen molar-refractivity contribution >= 4 is 11.8 Å². The van der Waals surface area contributed by atoms with Crippen molar-refractivity contribution in [1.29, 1.82) is 0 Å². The van der Waals surface area contributed by atoms with Gasteiger partial charge in [0.1, 0.15) is 5.60 Å². The van der Waals surface area contributed by atoms with Crippen LogP contribution in [0.25, 0.3) is 0 Å². The number of pyridine rings is 1. The molecule has 2 bridgehead atoms. The maximum absolute atomic E-state index is 13.1. The van der Waals surface area contributed by atoms with Gasteiger partial charge >= 0.3 is 0 Å². The summed E-state index contributed by atoms with van der Waals surface area (Å²) in [6, 6.07) is 4.68. The number of aromatic nitrogens is 1. The Kier molecular flexibility index (Phi) is 2.44. The van der Waals surface area contributed by atoms with Crippen LogP contribution in [-0.4, -0.2) is 20.6 Å². The minimum atomic E-state index is -0.904. The van der Waals surface area contributed by atoms with Gasteiger partial charge in [0, 0.05) is 10.5 Å². The summed E-state index contributed by atoms with van der Waals surface area (Å²) in [5.74, 6) is -0.503. The third-order valence-electron chi connectivity index (χ3n) is 3.52. The largest absolute Gasteiger partial charge is 0.383 e. The summed E-state index contributed by atoms with van der Waals surface area (Å²) in [5.41, 5.74) is -0.399. The predicted octanol–water partition coefficient (Wildman–Crippen LogP) is 2.47. The minimum Gasteiger partial charge on any atom is -0.383 e. The summed E-state index contributed by atoms with van der Waals surface area (Å²) in [6.45, 7) is 0. The smallest absolute Gasteiger partial charge is 0.213 e. The fourth-order valence-electron chi connectivity index (χ4n) is 2.79. The van der Waals surface area contributed by atoms with Crippen molar-refractivity contribution < 1.29 is 9.50 Å². The Labute approximate surface area is 98.3 Å². The van der Waals surface area contributed by atoms with E-state index in [1.807, 2.05) is 11.8 Å².